The molecule has 1 aromatic rings. The van der Waals surface area contributed by atoms with Gasteiger partial charge in [-0.15, -0.1) is 0 Å². The Morgan fingerprint density at radius 1 is 1.21 bits per heavy atom. The minimum atomic E-state index is -0.536. The summed E-state index contributed by atoms with van der Waals surface area (Å²) in [5.41, 5.74) is 2.40. The van der Waals surface area contributed by atoms with Crippen LogP contribution in [-0.4, -0.2) is 55.0 Å². The molecule has 0 unspecified atom stereocenters. The summed E-state index contributed by atoms with van der Waals surface area (Å²) in [6.45, 7) is 4.54. The van der Waals surface area contributed by atoms with Gasteiger partial charge < -0.3 is 15.4 Å². The van der Waals surface area contributed by atoms with Crippen molar-refractivity contribution in [3.05, 3.63) is 35.4 Å². The summed E-state index contributed by atoms with van der Waals surface area (Å²) < 4.78 is 4.91. The number of carbonyl (C=O) groups excluding carboxylic acids is 4. The average molecular weight is 389 g/mol. The number of benzene rings is 1. The van der Waals surface area contributed by atoms with E-state index in [1.807, 2.05) is 12.1 Å². The van der Waals surface area contributed by atoms with Gasteiger partial charge in [0.25, 0.3) is 5.91 Å². The van der Waals surface area contributed by atoms with Crippen LogP contribution in [0.5, 0.6) is 0 Å². The maximum atomic E-state index is 11.8. The molecular formula is C20H27N3O5. The fourth-order valence-electron chi connectivity index (χ4n) is 2.75. The quantitative estimate of drug-likeness (QED) is 0.464. The van der Waals surface area contributed by atoms with Gasteiger partial charge in [0, 0.05) is 19.5 Å². The molecule has 0 aliphatic carbocycles. The molecule has 1 heterocycles. The SMILES string of the molecule is CC(C)c1ccc(CCNC(=O)COC(=O)CCCN2C(=O)CNC2=O)cc1. The van der Waals surface area contributed by atoms with E-state index in [4.69, 9.17) is 4.74 Å². The van der Waals surface area contributed by atoms with E-state index < -0.39 is 12.0 Å². The topological polar surface area (TPSA) is 105 Å². The van der Waals surface area contributed by atoms with Crippen LogP contribution in [0.3, 0.4) is 0 Å². The minimum absolute atomic E-state index is 0.00861. The number of carbonyl (C=O) groups is 4. The van der Waals surface area contributed by atoms with Crippen molar-refractivity contribution < 1.29 is 23.9 Å². The Labute approximate surface area is 164 Å². The van der Waals surface area contributed by atoms with E-state index in [2.05, 4.69) is 36.6 Å². The van der Waals surface area contributed by atoms with Crippen molar-refractivity contribution in [1.29, 1.82) is 0 Å². The second kappa shape index (κ2) is 10.4. The molecule has 4 amide bonds. The molecule has 152 valence electrons. The first kappa shape index (κ1) is 21.4. The van der Waals surface area contributed by atoms with Gasteiger partial charge in [-0.25, -0.2) is 4.79 Å². The molecule has 8 nitrogen and oxygen atoms in total. The van der Waals surface area contributed by atoms with Gasteiger partial charge in [-0.05, 0) is 29.9 Å². The maximum absolute atomic E-state index is 11.8. The van der Waals surface area contributed by atoms with Crippen LogP contribution in [0, 0.1) is 0 Å². The van der Waals surface area contributed by atoms with Gasteiger partial charge in [-0.2, -0.15) is 0 Å². The van der Waals surface area contributed by atoms with Crippen LogP contribution in [0.2, 0.25) is 0 Å². The van der Waals surface area contributed by atoms with E-state index in [-0.39, 0.29) is 37.9 Å². The monoisotopic (exact) mass is 389 g/mol. The number of amides is 4. The fourth-order valence-corrected chi connectivity index (χ4v) is 2.75. The van der Waals surface area contributed by atoms with Crippen molar-refractivity contribution in [2.24, 2.45) is 0 Å². The van der Waals surface area contributed by atoms with Crippen LogP contribution < -0.4 is 10.6 Å². The first-order valence-electron chi connectivity index (χ1n) is 9.46. The Kier molecular flexibility index (Phi) is 7.98. The van der Waals surface area contributed by atoms with Crippen LogP contribution in [0.15, 0.2) is 24.3 Å². The molecule has 1 fully saturated rings. The van der Waals surface area contributed by atoms with Gasteiger partial charge in [0.2, 0.25) is 5.91 Å². The number of hydrogen-bond acceptors (Lipinski definition) is 5. The number of imide groups is 1. The predicted octanol–water partition coefficient (Wildman–Crippen LogP) is 1.34. The zero-order valence-electron chi connectivity index (χ0n) is 16.3. The maximum Gasteiger partial charge on any atom is 0.324 e. The number of urea groups is 1. The Hall–Kier alpha value is -2.90. The van der Waals surface area contributed by atoms with Gasteiger partial charge in [0.05, 0.1) is 6.54 Å². The van der Waals surface area contributed by atoms with Crippen LogP contribution in [0.1, 0.15) is 43.7 Å². The molecule has 0 spiro atoms. The molecule has 0 bridgehead atoms. The highest BCUT2D eigenvalue weighted by Gasteiger charge is 2.27. The fraction of sp³-hybridized carbons (Fsp3) is 0.500. The third-order valence-corrected chi connectivity index (χ3v) is 4.45. The van der Waals surface area contributed by atoms with Crippen LogP contribution in [0.25, 0.3) is 0 Å². The number of hydrogen-bond donors (Lipinski definition) is 2. The molecule has 1 saturated heterocycles. The predicted molar refractivity (Wildman–Crippen MR) is 103 cm³/mol. The van der Waals surface area contributed by atoms with E-state index in [0.717, 1.165) is 10.5 Å². The first-order valence-corrected chi connectivity index (χ1v) is 9.46. The summed E-state index contributed by atoms with van der Waals surface area (Å²) in [6.07, 6.45) is 1.03. The number of ether oxygens (including phenoxy) is 1. The molecule has 2 N–H and O–H groups in total. The highest BCUT2D eigenvalue weighted by molar-refractivity contribution is 6.01. The van der Waals surface area contributed by atoms with Crippen LogP contribution in [-0.2, 0) is 25.5 Å². The van der Waals surface area contributed by atoms with Crippen molar-refractivity contribution >= 4 is 23.8 Å². The van der Waals surface area contributed by atoms with E-state index in [0.29, 0.717) is 25.3 Å². The molecule has 2 rings (SSSR count). The summed E-state index contributed by atoms with van der Waals surface area (Å²) in [5.74, 6) is -0.722. The lowest BCUT2D eigenvalue weighted by Crippen LogP contribution is -2.32. The smallest absolute Gasteiger partial charge is 0.324 e. The molecule has 1 aliphatic rings. The third kappa shape index (κ3) is 6.68. The Morgan fingerprint density at radius 3 is 2.54 bits per heavy atom. The molecule has 28 heavy (non-hydrogen) atoms. The van der Waals surface area contributed by atoms with Gasteiger partial charge in [-0.1, -0.05) is 38.1 Å². The van der Waals surface area contributed by atoms with Gasteiger partial charge >= 0.3 is 12.0 Å². The van der Waals surface area contributed by atoms with Crippen molar-refractivity contribution in [1.82, 2.24) is 15.5 Å². The van der Waals surface area contributed by atoms with Crippen molar-refractivity contribution in [3.63, 3.8) is 0 Å². The Bertz CT molecular complexity index is 699. The number of nitrogens with one attached hydrogen (secondary N) is 2. The number of nitrogens with zero attached hydrogens (tertiary/aromatic N) is 1. The standard InChI is InChI=1S/C20H27N3O5/c1-14(2)16-7-5-15(6-8-16)9-10-21-17(24)13-28-19(26)4-3-11-23-18(25)12-22-20(23)27/h5-8,14H,3-4,9-13H2,1-2H3,(H,21,24)(H,22,27). The molecule has 8 heteroatoms. The lowest BCUT2D eigenvalue weighted by molar-refractivity contribution is -0.148. The summed E-state index contributed by atoms with van der Waals surface area (Å²) in [4.78, 5) is 47.2. The first-order chi connectivity index (χ1) is 13.4. The lowest BCUT2D eigenvalue weighted by Gasteiger charge is -2.11. The summed E-state index contributed by atoms with van der Waals surface area (Å²) in [7, 11) is 0. The zero-order valence-corrected chi connectivity index (χ0v) is 16.3. The normalized spacial score (nSPS) is 13.6. The summed E-state index contributed by atoms with van der Waals surface area (Å²) >= 11 is 0. The van der Waals surface area contributed by atoms with Crippen molar-refractivity contribution in [2.45, 2.75) is 39.0 Å². The summed E-state index contributed by atoms with van der Waals surface area (Å²) in [5, 5.41) is 5.12. The van der Waals surface area contributed by atoms with Crippen LogP contribution in [0.4, 0.5) is 4.79 Å². The van der Waals surface area contributed by atoms with E-state index >= 15 is 0 Å². The molecule has 0 radical (unpaired) electrons. The molecular weight excluding hydrogens is 362 g/mol. The third-order valence-electron chi connectivity index (χ3n) is 4.45. The van der Waals surface area contributed by atoms with E-state index in [9.17, 15) is 19.2 Å². The number of rotatable bonds is 10. The summed E-state index contributed by atoms with van der Waals surface area (Å²) in [6, 6.07) is 7.82. The van der Waals surface area contributed by atoms with Gasteiger partial charge in [-0.3, -0.25) is 19.3 Å². The van der Waals surface area contributed by atoms with Crippen molar-refractivity contribution in [3.8, 4) is 0 Å². The zero-order chi connectivity index (χ0) is 20.5. The molecule has 1 aliphatic heterocycles. The minimum Gasteiger partial charge on any atom is -0.456 e. The molecule has 0 aromatic heterocycles. The highest BCUT2D eigenvalue weighted by Crippen LogP contribution is 2.14. The van der Waals surface area contributed by atoms with E-state index in [1.54, 1.807) is 0 Å². The number of esters is 1. The van der Waals surface area contributed by atoms with Gasteiger partial charge in [0.15, 0.2) is 6.61 Å². The second-order valence-corrected chi connectivity index (χ2v) is 6.96. The highest BCUT2D eigenvalue weighted by atomic mass is 16.5. The van der Waals surface area contributed by atoms with Crippen molar-refractivity contribution in [2.75, 3.05) is 26.2 Å². The molecule has 1 aromatic carbocycles. The molecule has 0 atom stereocenters. The Morgan fingerprint density at radius 2 is 1.93 bits per heavy atom. The largest absolute Gasteiger partial charge is 0.456 e. The van der Waals surface area contributed by atoms with E-state index in [1.165, 1.54) is 5.56 Å². The lowest BCUT2D eigenvalue weighted by atomic mass is 10.0. The molecule has 0 saturated carbocycles. The second-order valence-electron chi connectivity index (χ2n) is 6.96. The Balaban J connectivity index is 1.57. The van der Waals surface area contributed by atoms with Gasteiger partial charge in [0.1, 0.15) is 0 Å². The average Bonchev–Trinajstić information content (AvgIpc) is 2.99. The van der Waals surface area contributed by atoms with Crippen LogP contribution >= 0.6 is 0 Å².